The fraction of sp³-hybridized carbons (Fsp3) is 0.391. The van der Waals surface area contributed by atoms with Crippen molar-refractivity contribution in [2.24, 2.45) is 5.92 Å². The zero-order valence-corrected chi connectivity index (χ0v) is 17.5. The second kappa shape index (κ2) is 10.4. The summed E-state index contributed by atoms with van der Waals surface area (Å²) in [5.74, 6) is 0.807. The number of amides is 1. The van der Waals surface area contributed by atoms with Gasteiger partial charge in [0.1, 0.15) is 5.75 Å². The molecule has 2 aromatic carbocycles. The number of piperidine rings is 1. The number of hydrogen-bond donors (Lipinski definition) is 1. The number of nitriles is 1. The first kappa shape index (κ1) is 22.1. The zero-order valence-electron chi connectivity index (χ0n) is 17.5. The van der Waals surface area contributed by atoms with E-state index in [0.29, 0.717) is 42.5 Å². The molecule has 0 aliphatic carbocycles. The molecule has 0 spiro atoms. The van der Waals surface area contributed by atoms with Crippen LogP contribution in [0.2, 0.25) is 0 Å². The van der Waals surface area contributed by atoms with Crippen molar-refractivity contribution in [3.05, 3.63) is 58.1 Å². The summed E-state index contributed by atoms with van der Waals surface area (Å²) < 4.78 is 5.62. The van der Waals surface area contributed by atoms with Gasteiger partial charge in [-0.1, -0.05) is 13.0 Å². The van der Waals surface area contributed by atoms with Crippen molar-refractivity contribution in [1.82, 2.24) is 0 Å². The molecule has 8 heteroatoms. The van der Waals surface area contributed by atoms with Crippen molar-refractivity contribution < 1.29 is 14.5 Å². The highest BCUT2D eigenvalue weighted by atomic mass is 16.6. The maximum atomic E-state index is 13.1. The van der Waals surface area contributed by atoms with E-state index in [1.54, 1.807) is 30.3 Å². The molecule has 1 aliphatic heterocycles. The molecule has 3 rings (SSSR count). The molecule has 0 unspecified atom stereocenters. The second-order valence-corrected chi connectivity index (χ2v) is 7.72. The van der Waals surface area contributed by atoms with Crippen LogP contribution in [0.5, 0.6) is 5.75 Å². The predicted octanol–water partition coefficient (Wildman–Crippen LogP) is 4.77. The van der Waals surface area contributed by atoms with Crippen LogP contribution in [0.3, 0.4) is 0 Å². The minimum absolute atomic E-state index is 0.117. The minimum atomic E-state index is -0.492. The fourth-order valence-electron chi connectivity index (χ4n) is 3.55. The van der Waals surface area contributed by atoms with E-state index in [1.165, 1.54) is 12.1 Å². The minimum Gasteiger partial charge on any atom is -0.493 e. The number of anilines is 2. The van der Waals surface area contributed by atoms with E-state index in [9.17, 15) is 14.9 Å². The normalized spacial score (nSPS) is 14.0. The standard InChI is InChI=1S/C23H26N4O4/c1-17-9-12-26(13-10-17)22-8-7-19(27(29)30)16-21(22)23(28)25-18-5-4-6-20(15-18)31-14-3-2-11-24/h4-8,15-17H,2-3,9-10,12-14H2,1H3,(H,25,28). The number of nitro benzene ring substituents is 1. The van der Waals surface area contributed by atoms with E-state index in [4.69, 9.17) is 10.00 Å². The first-order valence-corrected chi connectivity index (χ1v) is 10.4. The van der Waals surface area contributed by atoms with Crippen LogP contribution in [0, 0.1) is 27.4 Å². The van der Waals surface area contributed by atoms with Crippen LogP contribution in [-0.2, 0) is 0 Å². The number of rotatable bonds is 8. The van der Waals surface area contributed by atoms with E-state index in [1.807, 2.05) is 0 Å². The van der Waals surface area contributed by atoms with E-state index in [-0.39, 0.29) is 11.3 Å². The molecule has 1 amide bonds. The van der Waals surface area contributed by atoms with Crippen molar-refractivity contribution in [3.8, 4) is 11.8 Å². The lowest BCUT2D eigenvalue weighted by Gasteiger charge is -2.33. The van der Waals surface area contributed by atoms with E-state index >= 15 is 0 Å². The molecule has 0 atom stereocenters. The van der Waals surface area contributed by atoms with Gasteiger partial charge in [0.05, 0.1) is 28.9 Å². The molecule has 0 saturated carbocycles. The third-order valence-corrected chi connectivity index (χ3v) is 5.35. The Morgan fingerprint density at radius 3 is 2.77 bits per heavy atom. The third-order valence-electron chi connectivity index (χ3n) is 5.35. The van der Waals surface area contributed by atoms with Crippen molar-refractivity contribution in [3.63, 3.8) is 0 Å². The van der Waals surface area contributed by atoms with Gasteiger partial charge in [-0.15, -0.1) is 0 Å². The van der Waals surface area contributed by atoms with Crippen LogP contribution in [0.25, 0.3) is 0 Å². The van der Waals surface area contributed by atoms with Gasteiger partial charge in [-0.05, 0) is 43.4 Å². The molecule has 31 heavy (non-hydrogen) atoms. The summed E-state index contributed by atoms with van der Waals surface area (Å²) in [5, 5.41) is 22.7. The number of carbonyl (C=O) groups is 1. The molecule has 0 aromatic heterocycles. The van der Waals surface area contributed by atoms with E-state index in [2.05, 4.69) is 23.2 Å². The number of carbonyl (C=O) groups excluding carboxylic acids is 1. The van der Waals surface area contributed by atoms with Crippen LogP contribution in [0.1, 0.15) is 43.0 Å². The topological polar surface area (TPSA) is 108 Å². The average Bonchev–Trinajstić information content (AvgIpc) is 2.77. The van der Waals surface area contributed by atoms with Gasteiger partial charge in [0.25, 0.3) is 11.6 Å². The summed E-state index contributed by atoms with van der Waals surface area (Å²) in [6.07, 6.45) is 3.08. The van der Waals surface area contributed by atoms with Gasteiger partial charge < -0.3 is 15.0 Å². The number of benzene rings is 2. The maximum absolute atomic E-state index is 13.1. The van der Waals surface area contributed by atoms with Crippen LogP contribution in [0.4, 0.5) is 17.1 Å². The molecular formula is C23H26N4O4. The maximum Gasteiger partial charge on any atom is 0.270 e. The summed E-state index contributed by atoms with van der Waals surface area (Å²) in [4.78, 5) is 26.0. The summed E-state index contributed by atoms with van der Waals surface area (Å²) in [7, 11) is 0. The van der Waals surface area contributed by atoms with Crippen molar-refractivity contribution in [2.45, 2.75) is 32.6 Å². The lowest BCUT2D eigenvalue weighted by atomic mass is 9.98. The van der Waals surface area contributed by atoms with Crippen molar-refractivity contribution in [2.75, 3.05) is 29.9 Å². The molecule has 1 saturated heterocycles. The molecule has 0 bridgehead atoms. The van der Waals surface area contributed by atoms with Gasteiger partial charge in [0.15, 0.2) is 0 Å². The third kappa shape index (κ3) is 5.95. The zero-order chi connectivity index (χ0) is 22.2. The van der Waals surface area contributed by atoms with Gasteiger partial charge in [0.2, 0.25) is 0 Å². The first-order chi connectivity index (χ1) is 15.0. The summed E-state index contributed by atoms with van der Waals surface area (Å²) >= 11 is 0. The average molecular weight is 422 g/mol. The number of nitrogens with one attached hydrogen (secondary N) is 1. The van der Waals surface area contributed by atoms with E-state index in [0.717, 1.165) is 25.9 Å². The SMILES string of the molecule is CC1CCN(c2ccc([N+](=O)[O-])cc2C(=O)Nc2cccc(OCCCC#N)c2)CC1. The number of non-ortho nitro benzene ring substituents is 1. The molecule has 0 radical (unpaired) electrons. The quantitative estimate of drug-likeness (QED) is 0.373. The number of nitro groups is 1. The number of unbranched alkanes of at least 4 members (excludes halogenated alkanes) is 1. The molecule has 162 valence electrons. The monoisotopic (exact) mass is 422 g/mol. The number of hydrogen-bond acceptors (Lipinski definition) is 6. The molecule has 8 nitrogen and oxygen atoms in total. The van der Waals surface area contributed by atoms with Gasteiger partial charge in [0, 0.05) is 43.4 Å². The Labute approximate surface area is 181 Å². The Morgan fingerprint density at radius 2 is 2.06 bits per heavy atom. The van der Waals surface area contributed by atoms with Crippen molar-refractivity contribution >= 4 is 23.0 Å². The van der Waals surface area contributed by atoms with E-state index < -0.39 is 10.8 Å². The van der Waals surface area contributed by atoms with Gasteiger partial charge in [-0.3, -0.25) is 14.9 Å². The lowest BCUT2D eigenvalue weighted by Crippen LogP contribution is -2.34. The van der Waals surface area contributed by atoms with Crippen LogP contribution in [-0.4, -0.2) is 30.5 Å². The smallest absolute Gasteiger partial charge is 0.270 e. The van der Waals surface area contributed by atoms with Gasteiger partial charge in [-0.25, -0.2) is 0 Å². The van der Waals surface area contributed by atoms with Crippen LogP contribution < -0.4 is 15.0 Å². The molecule has 2 aromatic rings. The Balaban J connectivity index is 1.79. The van der Waals surface area contributed by atoms with Gasteiger partial charge in [-0.2, -0.15) is 5.26 Å². The van der Waals surface area contributed by atoms with Crippen LogP contribution in [0.15, 0.2) is 42.5 Å². The highest BCUT2D eigenvalue weighted by molar-refractivity contribution is 6.08. The Kier molecular flexibility index (Phi) is 7.44. The molecule has 1 aliphatic rings. The highest BCUT2D eigenvalue weighted by Crippen LogP contribution is 2.30. The summed E-state index contributed by atoms with van der Waals surface area (Å²) in [5.41, 5.74) is 1.41. The largest absolute Gasteiger partial charge is 0.493 e. The summed E-state index contributed by atoms with van der Waals surface area (Å²) in [6.45, 7) is 4.24. The second-order valence-electron chi connectivity index (χ2n) is 7.72. The molecule has 1 N–H and O–H groups in total. The lowest BCUT2D eigenvalue weighted by molar-refractivity contribution is -0.384. The fourth-order valence-corrected chi connectivity index (χ4v) is 3.55. The molecule has 1 fully saturated rings. The Bertz CT molecular complexity index is 978. The molecular weight excluding hydrogens is 396 g/mol. The van der Waals surface area contributed by atoms with Crippen molar-refractivity contribution in [1.29, 1.82) is 5.26 Å². The number of nitrogens with zero attached hydrogens (tertiary/aromatic N) is 3. The Hall–Kier alpha value is -3.60. The predicted molar refractivity (Wildman–Crippen MR) is 118 cm³/mol. The highest BCUT2D eigenvalue weighted by Gasteiger charge is 2.23. The number of ether oxygens (including phenoxy) is 1. The molecule has 1 heterocycles. The van der Waals surface area contributed by atoms with Crippen LogP contribution >= 0.6 is 0 Å². The first-order valence-electron chi connectivity index (χ1n) is 10.4. The Morgan fingerprint density at radius 1 is 1.29 bits per heavy atom. The van der Waals surface area contributed by atoms with Gasteiger partial charge >= 0.3 is 0 Å². The summed E-state index contributed by atoms with van der Waals surface area (Å²) in [6, 6.07) is 13.5.